The van der Waals surface area contributed by atoms with Crippen LogP contribution in [0.4, 0.5) is 10.1 Å². The van der Waals surface area contributed by atoms with Crippen molar-refractivity contribution in [3.63, 3.8) is 0 Å². The fraction of sp³-hybridized carbons (Fsp3) is 0.240. The van der Waals surface area contributed by atoms with E-state index >= 15 is 0 Å². The van der Waals surface area contributed by atoms with E-state index in [1.165, 1.54) is 24.3 Å². The fourth-order valence-corrected chi connectivity index (χ4v) is 4.70. The molecule has 0 bridgehead atoms. The maximum Gasteiger partial charge on any atom is 0.264 e. The van der Waals surface area contributed by atoms with Crippen molar-refractivity contribution in [1.82, 2.24) is 5.32 Å². The number of sulfonamides is 1. The number of hydrogen-bond donors (Lipinski definition) is 1. The molecule has 0 spiro atoms. The predicted molar refractivity (Wildman–Crippen MR) is 126 cm³/mol. The fourth-order valence-electron chi connectivity index (χ4n) is 3.28. The number of benzene rings is 3. The summed E-state index contributed by atoms with van der Waals surface area (Å²) in [5.74, 6) is -0.261. The van der Waals surface area contributed by atoms with Crippen LogP contribution in [0.15, 0.2) is 77.7 Å². The smallest absolute Gasteiger partial charge is 0.264 e. The van der Waals surface area contributed by atoms with Crippen molar-refractivity contribution in [2.24, 2.45) is 0 Å². The van der Waals surface area contributed by atoms with Gasteiger partial charge in [-0.25, -0.2) is 12.8 Å². The highest BCUT2D eigenvalue weighted by Crippen LogP contribution is 2.26. The maximum absolute atomic E-state index is 13.5. The largest absolute Gasteiger partial charge is 0.494 e. The van der Waals surface area contributed by atoms with Gasteiger partial charge in [0.25, 0.3) is 10.0 Å². The Kier molecular flexibility index (Phi) is 7.71. The van der Waals surface area contributed by atoms with Crippen LogP contribution >= 0.6 is 0 Å². The van der Waals surface area contributed by atoms with Gasteiger partial charge in [-0.3, -0.25) is 9.10 Å². The molecule has 0 aliphatic heterocycles. The average Bonchev–Trinajstić information content (AvgIpc) is 2.79. The molecule has 33 heavy (non-hydrogen) atoms. The number of carbonyl (C=O) groups excluding carboxylic acids is 1. The highest BCUT2D eigenvalue weighted by molar-refractivity contribution is 7.92. The molecule has 0 radical (unpaired) electrons. The normalized spacial score (nSPS) is 12.1. The van der Waals surface area contributed by atoms with Crippen molar-refractivity contribution in [2.75, 3.05) is 17.5 Å². The van der Waals surface area contributed by atoms with Crippen molar-refractivity contribution in [3.05, 3.63) is 89.7 Å². The number of nitrogens with zero attached hydrogens (tertiary/aromatic N) is 1. The number of aryl methyl sites for hydroxylation is 1. The molecular formula is C25H27FN2O4S. The third-order valence-corrected chi connectivity index (χ3v) is 6.87. The van der Waals surface area contributed by atoms with Gasteiger partial charge in [-0.2, -0.15) is 0 Å². The molecule has 1 atom stereocenters. The van der Waals surface area contributed by atoms with E-state index in [4.69, 9.17) is 4.74 Å². The molecule has 0 aromatic heterocycles. The molecule has 6 nitrogen and oxygen atoms in total. The Morgan fingerprint density at radius 2 is 1.61 bits per heavy atom. The minimum Gasteiger partial charge on any atom is -0.494 e. The maximum atomic E-state index is 13.5. The van der Waals surface area contributed by atoms with E-state index in [2.05, 4.69) is 5.32 Å². The van der Waals surface area contributed by atoms with Gasteiger partial charge in [0.2, 0.25) is 5.91 Å². The van der Waals surface area contributed by atoms with Gasteiger partial charge in [0.15, 0.2) is 0 Å². The van der Waals surface area contributed by atoms with Crippen molar-refractivity contribution in [2.45, 2.75) is 31.7 Å². The molecule has 1 N–H and O–H groups in total. The lowest BCUT2D eigenvalue weighted by Crippen LogP contribution is -2.41. The monoisotopic (exact) mass is 470 g/mol. The zero-order valence-corrected chi connectivity index (χ0v) is 19.6. The minimum absolute atomic E-state index is 0.0846. The number of amides is 1. The Bertz CT molecular complexity index is 1180. The Morgan fingerprint density at radius 3 is 2.18 bits per heavy atom. The molecule has 1 unspecified atom stereocenters. The van der Waals surface area contributed by atoms with Crippen molar-refractivity contribution >= 4 is 21.6 Å². The summed E-state index contributed by atoms with van der Waals surface area (Å²) in [6.45, 7) is 5.53. The van der Waals surface area contributed by atoms with E-state index in [1.54, 1.807) is 55.5 Å². The summed E-state index contributed by atoms with van der Waals surface area (Å²) in [6.07, 6.45) is 0. The van der Waals surface area contributed by atoms with Crippen molar-refractivity contribution in [1.29, 1.82) is 0 Å². The van der Waals surface area contributed by atoms with Gasteiger partial charge in [-0.05, 0) is 74.9 Å². The van der Waals surface area contributed by atoms with Crippen molar-refractivity contribution in [3.8, 4) is 5.75 Å². The summed E-state index contributed by atoms with van der Waals surface area (Å²) in [7, 11) is -4.02. The zero-order chi connectivity index (χ0) is 24.0. The molecular weight excluding hydrogens is 443 g/mol. The van der Waals surface area contributed by atoms with Gasteiger partial charge in [-0.1, -0.05) is 29.8 Å². The second kappa shape index (κ2) is 10.5. The van der Waals surface area contributed by atoms with E-state index in [-0.39, 0.29) is 10.7 Å². The molecule has 3 aromatic carbocycles. The summed E-state index contributed by atoms with van der Waals surface area (Å²) in [4.78, 5) is 12.9. The average molecular weight is 471 g/mol. The van der Waals surface area contributed by atoms with Gasteiger partial charge < -0.3 is 10.1 Å². The number of carbonyl (C=O) groups is 1. The van der Waals surface area contributed by atoms with Gasteiger partial charge in [0.1, 0.15) is 18.1 Å². The lowest BCUT2D eigenvalue weighted by atomic mass is 10.1. The van der Waals surface area contributed by atoms with Gasteiger partial charge in [0, 0.05) is 0 Å². The molecule has 0 aliphatic rings. The van der Waals surface area contributed by atoms with Gasteiger partial charge in [0.05, 0.1) is 23.2 Å². The molecule has 174 valence electrons. The van der Waals surface area contributed by atoms with Crippen LogP contribution in [0.5, 0.6) is 5.75 Å². The van der Waals surface area contributed by atoms with E-state index in [1.807, 2.05) is 13.8 Å². The minimum atomic E-state index is -4.02. The second-order valence-corrected chi connectivity index (χ2v) is 9.45. The van der Waals surface area contributed by atoms with Crippen LogP contribution in [0, 0.1) is 12.7 Å². The van der Waals surface area contributed by atoms with Crippen molar-refractivity contribution < 1.29 is 22.3 Å². The molecule has 0 heterocycles. The van der Waals surface area contributed by atoms with Gasteiger partial charge in [-0.15, -0.1) is 0 Å². The Balaban J connectivity index is 1.88. The standard InChI is InChI=1S/C25H27FN2O4S/c1-4-32-23-13-11-22(12-14-23)28(33(30,31)24-15-5-18(2)6-16-24)17-25(29)27-19(3)20-7-9-21(26)10-8-20/h5-16,19H,4,17H2,1-3H3,(H,27,29). The van der Waals surface area contributed by atoms with Crippen LogP contribution in [0.1, 0.15) is 31.0 Å². The summed E-state index contributed by atoms with van der Waals surface area (Å²) in [5.41, 5.74) is 1.97. The van der Waals surface area contributed by atoms with E-state index in [0.29, 0.717) is 23.6 Å². The first-order valence-corrected chi connectivity index (χ1v) is 12.0. The number of rotatable bonds is 9. The van der Waals surface area contributed by atoms with Crippen LogP contribution in [-0.4, -0.2) is 27.5 Å². The second-order valence-electron chi connectivity index (χ2n) is 7.59. The number of nitrogens with one attached hydrogen (secondary N) is 1. The first-order valence-electron chi connectivity index (χ1n) is 10.6. The lowest BCUT2D eigenvalue weighted by molar-refractivity contribution is -0.120. The SMILES string of the molecule is CCOc1ccc(N(CC(=O)NC(C)c2ccc(F)cc2)S(=O)(=O)c2ccc(C)cc2)cc1. The van der Waals surface area contributed by atoms with Crippen LogP contribution in [0.25, 0.3) is 0 Å². The van der Waals surface area contributed by atoms with Crippen LogP contribution in [-0.2, 0) is 14.8 Å². The molecule has 3 rings (SSSR count). The molecule has 8 heteroatoms. The van der Waals surface area contributed by atoms with Crippen LogP contribution in [0.2, 0.25) is 0 Å². The number of hydrogen-bond acceptors (Lipinski definition) is 4. The van der Waals surface area contributed by atoms with E-state index in [0.717, 1.165) is 9.87 Å². The van der Waals surface area contributed by atoms with E-state index < -0.39 is 28.5 Å². The molecule has 0 aliphatic carbocycles. The highest BCUT2D eigenvalue weighted by atomic mass is 32.2. The molecule has 0 saturated carbocycles. The molecule has 3 aromatic rings. The third kappa shape index (κ3) is 6.10. The summed E-state index contributed by atoms with van der Waals surface area (Å²) < 4.78 is 46.6. The lowest BCUT2D eigenvalue weighted by Gasteiger charge is -2.25. The highest BCUT2D eigenvalue weighted by Gasteiger charge is 2.27. The molecule has 0 saturated heterocycles. The Labute approximate surface area is 194 Å². The number of ether oxygens (including phenoxy) is 1. The van der Waals surface area contributed by atoms with Gasteiger partial charge >= 0.3 is 0 Å². The first-order chi connectivity index (χ1) is 15.7. The molecule has 1 amide bonds. The summed E-state index contributed by atoms with van der Waals surface area (Å²) in [5, 5.41) is 2.79. The Morgan fingerprint density at radius 1 is 1.00 bits per heavy atom. The zero-order valence-electron chi connectivity index (χ0n) is 18.8. The third-order valence-electron chi connectivity index (χ3n) is 5.08. The molecule has 0 fully saturated rings. The topological polar surface area (TPSA) is 75.7 Å². The predicted octanol–water partition coefficient (Wildman–Crippen LogP) is 4.61. The van der Waals surface area contributed by atoms with Crippen LogP contribution < -0.4 is 14.4 Å². The summed E-state index contributed by atoms with van der Waals surface area (Å²) in [6, 6.07) is 18.3. The first kappa shape index (κ1) is 24.3. The quantitative estimate of drug-likeness (QED) is 0.496. The number of halogens is 1. The summed E-state index contributed by atoms with van der Waals surface area (Å²) >= 11 is 0. The van der Waals surface area contributed by atoms with Crippen LogP contribution in [0.3, 0.4) is 0 Å². The Hall–Kier alpha value is -3.39. The number of anilines is 1. The van der Waals surface area contributed by atoms with E-state index in [9.17, 15) is 17.6 Å².